The molecule has 2 aliphatic rings. The minimum absolute atomic E-state index is 0.113. The molecular formula is C17H26N2O2. The van der Waals surface area contributed by atoms with Crippen LogP contribution in [0.2, 0.25) is 0 Å². The van der Waals surface area contributed by atoms with Gasteiger partial charge in [-0.05, 0) is 31.6 Å². The monoisotopic (exact) mass is 290 g/mol. The predicted molar refractivity (Wildman–Crippen MR) is 80.0 cm³/mol. The van der Waals surface area contributed by atoms with Gasteiger partial charge in [0.15, 0.2) is 5.82 Å². The number of Topliss-reactive ketones (excluding diaryl/α,β-unsaturated/α-hetero) is 1. The second-order valence-electron chi connectivity index (χ2n) is 6.80. The maximum absolute atomic E-state index is 11.9. The number of nitrogens with zero attached hydrogens (tertiary/aromatic N) is 2. The predicted octanol–water partition coefficient (Wildman–Crippen LogP) is 4.06. The number of hydrogen-bond acceptors (Lipinski definition) is 4. The molecule has 3 rings (SSSR count). The van der Waals surface area contributed by atoms with Gasteiger partial charge in [0, 0.05) is 24.7 Å². The first-order chi connectivity index (χ1) is 10.3. The molecule has 0 spiro atoms. The highest BCUT2D eigenvalue weighted by Gasteiger charge is 2.28. The quantitative estimate of drug-likeness (QED) is 0.839. The van der Waals surface area contributed by atoms with Crippen molar-refractivity contribution in [1.29, 1.82) is 0 Å². The fraction of sp³-hybridized carbons (Fsp3) is 0.824. The van der Waals surface area contributed by atoms with Crippen LogP contribution in [0.25, 0.3) is 0 Å². The van der Waals surface area contributed by atoms with Gasteiger partial charge in [0.05, 0.1) is 0 Å². The Hall–Kier alpha value is -1.19. The van der Waals surface area contributed by atoms with Crippen LogP contribution in [0.15, 0.2) is 4.52 Å². The molecular weight excluding hydrogens is 264 g/mol. The van der Waals surface area contributed by atoms with Crippen molar-refractivity contribution in [2.75, 3.05) is 0 Å². The minimum Gasteiger partial charge on any atom is -0.339 e. The van der Waals surface area contributed by atoms with Gasteiger partial charge < -0.3 is 4.52 Å². The van der Waals surface area contributed by atoms with E-state index >= 15 is 0 Å². The van der Waals surface area contributed by atoms with Crippen LogP contribution in [0.1, 0.15) is 82.3 Å². The lowest BCUT2D eigenvalue weighted by Crippen LogP contribution is -2.21. The zero-order valence-corrected chi connectivity index (χ0v) is 13.0. The number of rotatable bonds is 4. The topological polar surface area (TPSA) is 56.0 Å². The van der Waals surface area contributed by atoms with Gasteiger partial charge in [0.1, 0.15) is 5.78 Å². The lowest BCUT2D eigenvalue weighted by atomic mass is 9.80. The average Bonchev–Trinajstić information content (AvgIpc) is 2.98. The van der Waals surface area contributed by atoms with Crippen LogP contribution in [0.4, 0.5) is 0 Å². The molecule has 0 bridgehead atoms. The second kappa shape index (κ2) is 6.71. The third kappa shape index (κ3) is 3.53. The molecule has 4 heteroatoms. The molecule has 2 fully saturated rings. The fourth-order valence-electron chi connectivity index (χ4n) is 3.89. The Kier molecular flexibility index (Phi) is 4.71. The Morgan fingerprint density at radius 2 is 2.10 bits per heavy atom. The zero-order valence-electron chi connectivity index (χ0n) is 13.0. The van der Waals surface area contributed by atoms with Gasteiger partial charge in [-0.1, -0.05) is 37.8 Å². The molecule has 0 amide bonds. The van der Waals surface area contributed by atoms with Crippen molar-refractivity contribution in [3.05, 3.63) is 11.7 Å². The second-order valence-corrected chi connectivity index (χ2v) is 6.80. The summed E-state index contributed by atoms with van der Waals surface area (Å²) >= 11 is 0. The van der Waals surface area contributed by atoms with Gasteiger partial charge in [0.25, 0.3) is 0 Å². The first-order valence-electron chi connectivity index (χ1n) is 8.61. The summed E-state index contributed by atoms with van der Waals surface area (Å²) in [6.45, 7) is 2.27. The minimum atomic E-state index is 0.113. The Labute approximate surface area is 126 Å². The number of ketones is 1. The normalized spacial score (nSPS) is 30.5. The SMILES string of the molecule is CCC1CCCC(c2noc(CC3CCCCC3=O)n2)C1. The van der Waals surface area contributed by atoms with E-state index < -0.39 is 0 Å². The van der Waals surface area contributed by atoms with E-state index in [1.807, 2.05) is 0 Å². The van der Waals surface area contributed by atoms with Crippen LogP contribution >= 0.6 is 0 Å². The van der Waals surface area contributed by atoms with Gasteiger partial charge in [-0.2, -0.15) is 4.98 Å². The van der Waals surface area contributed by atoms with Crippen molar-refractivity contribution in [3.63, 3.8) is 0 Å². The van der Waals surface area contributed by atoms with E-state index in [2.05, 4.69) is 17.1 Å². The summed E-state index contributed by atoms with van der Waals surface area (Å²) in [7, 11) is 0. The van der Waals surface area contributed by atoms with Gasteiger partial charge in [0.2, 0.25) is 5.89 Å². The van der Waals surface area contributed by atoms with E-state index in [9.17, 15) is 4.79 Å². The van der Waals surface area contributed by atoms with E-state index in [0.29, 0.717) is 24.0 Å². The summed E-state index contributed by atoms with van der Waals surface area (Å²) in [5, 5.41) is 4.20. The zero-order chi connectivity index (χ0) is 14.7. The molecule has 4 nitrogen and oxygen atoms in total. The summed E-state index contributed by atoms with van der Waals surface area (Å²) in [5.41, 5.74) is 0. The molecule has 116 valence electrons. The molecule has 0 N–H and O–H groups in total. The Morgan fingerprint density at radius 1 is 1.19 bits per heavy atom. The number of aromatic nitrogens is 2. The van der Waals surface area contributed by atoms with E-state index in [4.69, 9.17) is 4.52 Å². The van der Waals surface area contributed by atoms with Crippen LogP contribution in [-0.4, -0.2) is 15.9 Å². The van der Waals surface area contributed by atoms with E-state index in [-0.39, 0.29) is 5.92 Å². The van der Waals surface area contributed by atoms with Gasteiger partial charge in [-0.15, -0.1) is 0 Å². The molecule has 0 aromatic carbocycles. The number of carbonyl (C=O) groups excluding carboxylic acids is 1. The van der Waals surface area contributed by atoms with Gasteiger partial charge in [-0.25, -0.2) is 0 Å². The average molecular weight is 290 g/mol. The lowest BCUT2D eigenvalue weighted by molar-refractivity contribution is -0.124. The highest BCUT2D eigenvalue weighted by molar-refractivity contribution is 5.81. The summed E-state index contributed by atoms with van der Waals surface area (Å²) in [6.07, 6.45) is 10.8. The molecule has 1 aromatic rings. The molecule has 3 unspecified atom stereocenters. The summed E-state index contributed by atoms with van der Waals surface area (Å²) in [6, 6.07) is 0. The van der Waals surface area contributed by atoms with Crippen LogP contribution < -0.4 is 0 Å². The number of carbonyl (C=O) groups is 1. The highest BCUT2D eigenvalue weighted by Crippen LogP contribution is 2.36. The first-order valence-corrected chi connectivity index (χ1v) is 8.61. The maximum atomic E-state index is 11.9. The smallest absolute Gasteiger partial charge is 0.227 e. The standard InChI is InChI=1S/C17H26N2O2/c1-2-12-6-5-8-14(10-12)17-18-16(21-19-17)11-13-7-3-4-9-15(13)20/h12-14H,2-11H2,1H3. The van der Waals surface area contributed by atoms with Crippen LogP contribution in [-0.2, 0) is 11.2 Å². The summed E-state index contributed by atoms with van der Waals surface area (Å²) in [4.78, 5) is 16.5. The molecule has 1 aromatic heterocycles. The Bertz CT molecular complexity index is 483. The molecule has 21 heavy (non-hydrogen) atoms. The molecule has 0 saturated heterocycles. The van der Waals surface area contributed by atoms with Crippen LogP contribution in [0.3, 0.4) is 0 Å². The molecule has 0 aliphatic heterocycles. The Balaban J connectivity index is 1.61. The van der Waals surface area contributed by atoms with E-state index in [1.54, 1.807) is 0 Å². The fourth-order valence-corrected chi connectivity index (χ4v) is 3.89. The number of hydrogen-bond donors (Lipinski definition) is 0. The molecule has 2 aliphatic carbocycles. The van der Waals surface area contributed by atoms with Crippen molar-refractivity contribution in [2.45, 2.75) is 77.0 Å². The van der Waals surface area contributed by atoms with Crippen molar-refractivity contribution in [2.24, 2.45) is 11.8 Å². The van der Waals surface area contributed by atoms with Crippen molar-refractivity contribution in [3.8, 4) is 0 Å². The largest absolute Gasteiger partial charge is 0.339 e. The summed E-state index contributed by atoms with van der Waals surface area (Å²) < 4.78 is 5.42. The molecule has 1 heterocycles. The lowest BCUT2D eigenvalue weighted by Gasteiger charge is -2.26. The highest BCUT2D eigenvalue weighted by atomic mass is 16.5. The maximum Gasteiger partial charge on any atom is 0.227 e. The third-order valence-electron chi connectivity index (χ3n) is 5.31. The van der Waals surface area contributed by atoms with Crippen LogP contribution in [0, 0.1) is 11.8 Å². The van der Waals surface area contributed by atoms with Crippen molar-refractivity contribution in [1.82, 2.24) is 10.1 Å². The Morgan fingerprint density at radius 3 is 2.90 bits per heavy atom. The third-order valence-corrected chi connectivity index (χ3v) is 5.31. The van der Waals surface area contributed by atoms with Crippen LogP contribution in [0.5, 0.6) is 0 Å². The van der Waals surface area contributed by atoms with E-state index in [0.717, 1.165) is 37.4 Å². The molecule has 2 saturated carbocycles. The first kappa shape index (κ1) is 14.7. The van der Waals surface area contributed by atoms with Crippen molar-refractivity contribution >= 4 is 5.78 Å². The summed E-state index contributed by atoms with van der Waals surface area (Å²) in [5.74, 6) is 3.32. The molecule has 3 atom stereocenters. The van der Waals surface area contributed by atoms with Gasteiger partial charge >= 0.3 is 0 Å². The van der Waals surface area contributed by atoms with Crippen molar-refractivity contribution < 1.29 is 9.32 Å². The molecule has 0 radical (unpaired) electrons. The van der Waals surface area contributed by atoms with Gasteiger partial charge in [-0.3, -0.25) is 4.79 Å². The van der Waals surface area contributed by atoms with E-state index in [1.165, 1.54) is 32.1 Å².